The van der Waals surface area contributed by atoms with E-state index < -0.39 is 11.9 Å². The average Bonchev–Trinajstić information content (AvgIpc) is 2.79. The maximum absolute atomic E-state index is 13.0. The molecule has 2 N–H and O–H groups in total. The number of fused-ring (bicyclic) bond motifs is 1. The van der Waals surface area contributed by atoms with Gasteiger partial charge in [0.05, 0.1) is 5.56 Å². The summed E-state index contributed by atoms with van der Waals surface area (Å²) >= 11 is 0. The fraction of sp³-hybridized carbons (Fsp3) is 0.478. The van der Waals surface area contributed by atoms with Crippen LogP contribution in [0, 0.1) is 0 Å². The Balaban J connectivity index is 0.000000751. The highest BCUT2D eigenvalue weighted by molar-refractivity contribution is 6.27. The Morgan fingerprint density at radius 1 is 0.875 bits per heavy atom. The van der Waals surface area contributed by atoms with Crippen LogP contribution in [0.15, 0.2) is 35.3 Å². The molecule has 0 radical (unpaired) electrons. The van der Waals surface area contributed by atoms with Gasteiger partial charge >= 0.3 is 11.9 Å². The van der Waals surface area contributed by atoms with E-state index in [0.717, 1.165) is 31.4 Å². The number of rotatable bonds is 9. The Labute approximate surface area is 187 Å². The van der Waals surface area contributed by atoms with Crippen molar-refractivity contribution in [2.75, 3.05) is 32.7 Å². The fourth-order valence-corrected chi connectivity index (χ4v) is 3.37. The SMILES string of the molecule is CCN(CC)CCCn1cc(C(=O)N(CC)CC)c2ccccc2c1=O.O=C(O)C(=O)O. The van der Waals surface area contributed by atoms with Crippen molar-refractivity contribution in [1.82, 2.24) is 14.4 Å². The van der Waals surface area contributed by atoms with Crippen molar-refractivity contribution in [2.24, 2.45) is 0 Å². The number of pyridine rings is 1. The van der Waals surface area contributed by atoms with Gasteiger partial charge in [0.1, 0.15) is 0 Å². The number of amides is 1. The fourth-order valence-electron chi connectivity index (χ4n) is 3.37. The van der Waals surface area contributed by atoms with Gasteiger partial charge in [0, 0.05) is 36.6 Å². The number of aliphatic carboxylic acids is 2. The topological polar surface area (TPSA) is 120 Å². The quantitative estimate of drug-likeness (QED) is 0.566. The molecule has 0 atom stereocenters. The van der Waals surface area contributed by atoms with Crippen molar-refractivity contribution in [1.29, 1.82) is 0 Å². The highest BCUT2D eigenvalue weighted by Gasteiger charge is 2.18. The Bertz CT molecular complexity index is 965. The molecule has 1 aromatic carbocycles. The van der Waals surface area contributed by atoms with Crippen LogP contribution >= 0.6 is 0 Å². The monoisotopic (exact) mass is 447 g/mol. The standard InChI is InChI=1S/C21H31N3O2.C2H2O4/c1-5-22(6-2)14-11-15-24-16-19(21(26)23(7-3)8-4)17-12-9-10-13-18(17)20(24)25;3-1(4)2(5)6/h9-10,12-13,16H,5-8,11,14-15H2,1-4H3;(H,3,4)(H,5,6). The van der Waals surface area contributed by atoms with E-state index in [-0.39, 0.29) is 11.5 Å². The zero-order valence-corrected chi connectivity index (χ0v) is 19.2. The van der Waals surface area contributed by atoms with Gasteiger partial charge in [-0.25, -0.2) is 9.59 Å². The van der Waals surface area contributed by atoms with E-state index in [0.29, 0.717) is 30.6 Å². The zero-order chi connectivity index (χ0) is 24.3. The number of hydrogen-bond acceptors (Lipinski definition) is 5. The second-order valence-corrected chi connectivity index (χ2v) is 7.06. The molecule has 1 amide bonds. The molecule has 32 heavy (non-hydrogen) atoms. The molecule has 0 saturated heterocycles. The summed E-state index contributed by atoms with van der Waals surface area (Å²) in [5.74, 6) is -3.66. The maximum Gasteiger partial charge on any atom is 0.414 e. The number of aromatic nitrogens is 1. The number of carbonyl (C=O) groups is 3. The predicted octanol–water partition coefficient (Wildman–Crippen LogP) is 2.37. The molecule has 0 fully saturated rings. The van der Waals surface area contributed by atoms with Crippen molar-refractivity contribution in [2.45, 2.75) is 40.7 Å². The van der Waals surface area contributed by atoms with Crippen LogP contribution in [0.25, 0.3) is 10.8 Å². The highest BCUT2D eigenvalue weighted by Crippen LogP contribution is 2.17. The Morgan fingerprint density at radius 2 is 1.41 bits per heavy atom. The maximum atomic E-state index is 13.0. The Kier molecular flexibility index (Phi) is 11.1. The van der Waals surface area contributed by atoms with Gasteiger partial charge < -0.3 is 24.6 Å². The van der Waals surface area contributed by atoms with Gasteiger partial charge in [-0.05, 0) is 46.0 Å². The van der Waals surface area contributed by atoms with Crippen LogP contribution in [0.4, 0.5) is 0 Å². The van der Waals surface area contributed by atoms with Crippen molar-refractivity contribution >= 4 is 28.6 Å². The van der Waals surface area contributed by atoms with E-state index in [4.69, 9.17) is 19.8 Å². The third-order valence-corrected chi connectivity index (χ3v) is 5.23. The number of carboxylic acid groups (broad SMARTS) is 2. The van der Waals surface area contributed by atoms with Gasteiger partial charge in [0.15, 0.2) is 0 Å². The third-order valence-electron chi connectivity index (χ3n) is 5.23. The van der Waals surface area contributed by atoms with E-state index >= 15 is 0 Å². The number of hydrogen-bond donors (Lipinski definition) is 2. The second-order valence-electron chi connectivity index (χ2n) is 7.06. The first-order valence-corrected chi connectivity index (χ1v) is 10.8. The van der Waals surface area contributed by atoms with Crippen LogP contribution in [-0.4, -0.2) is 75.1 Å². The van der Waals surface area contributed by atoms with Gasteiger partial charge in [-0.3, -0.25) is 9.59 Å². The Morgan fingerprint density at radius 3 is 1.88 bits per heavy atom. The van der Waals surface area contributed by atoms with Crippen LogP contribution in [-0.2, 0) is 16.1 Å². The minimum Gasteiger partial charge on any atom is -0.473 e. The lowest BCUT2D eigenvalue weighted by Gasteiger charge is -2.21. The average molecular weight is 448 g/mol. The molecular weight excluding hydrogens is 414 g/mol. The first kappa shape index (κ1) is 26.8. The molecule has 0 aliphatic heterocycles. The van der Waals surface area contributed by atoms with E-state index in [1.807, 2.05) is 38.1 Å². The normalized spacial score (nSPS) is 10.5. The number of aryl methyl sites for hydroxylation is 1. The summed E-state index contributed by atoms with van der Waals surface area (Å²) < 4.78 is 1.71. The number of nitrogens with zero attached hydrogens (tertiary/aromatic N) is 3. The summed E-state index contributed by atoms with van der Waals surface area (Å²) in [6.07, 6.45) is 2.65. The molecule has 2 rings (SSSR count). The van der Waals surface area contributed by atoms with Gasteiger partial charge in [0.25, 0.3) is 11.5 Å². The highest BCUT2D eigenvalue weighted by atomic mass is 16.4. The minimum absolute atomic E-state index is 0.0105. The summed E-state index contributed by atoms with van der Waals surface area (Å²) in [6.45, 7) is 13.1. The first-order valence-electron chi connectivity index (χ1n) is 10.8. The van der Waals surface area contributed by atoms with Gasteiger partial charge in [-0.15, -0.1) is 0 Å². The summed E-state index contributed by atoms with van der Waals surface area (Å²) in [5, 5.41) is 16.1. The van der Waals surface area contributed by atoms with Crippen LogP contribution in [0.2, 0.25) is 0 Å². The van der Waals surface area contributed by atoms with Crippen molar-refractivity contribution in [3.05, 3.63) is 46.4 Å². The number of benzene rings is 1. The smallest absolute Gasteiger partial charge is 0.414 e. The molecular formula is C23H33N3O6. The summed E-state index contributed by atoms with van der Waals surface area (Å²) in [7, 11) is 0. The lowest BCUT2D eigenvalue weighted by atomic mass is 10.1. The summed E-state index contributed by atoms with van der Waals surface area (Å²) in [5.41, 5.74) is 0.600. The van der Waals surface area contributed by atoms with Gasteiger partial charge in [-0.1, -0.05) is 32.0 Å². The predicted molar refractivity (Wildman–Crippen MR) is 123 cm³/mol. The molecule has 0 bridgehead atoms. The van der Waals surface area contributed by atoms with E-state index in [9.17, 15) is 9.59 Å². The third kappa shape index (κ3) is 7.19. The van der Waals surface area contributed by atoms with Crippen molar-refractivity contribution in [3.8, 4) is 0 Å². The van der Waals surface area contributed by atoms with Crippen LogP contribution in [0.5, 0.6) is 0 Å². The molecule has 176 valence electrons. The summed E-state index contributed by atoms with van der Waals surface area (Å²) in [6, 6.07) is 7.42. The van der Waals surface area contributed by atoms with Crippen molar-refractivity contribution in [3.63, 3.8) is 0 Å². The Hall–Kier alpha value is -3.20. The molecule has 2 aromatic rings. The second kappa shape index (κ2) is 13.3. The molecule has 0 saturated carbocycles. The first-order chi connectivity index (χ1) is 15.2. The van der Waals surface area contributed by atoms with Crippen LogP contribution < -0.4 is 5.56 Å². The molecule has 0 spiro atoms. The van der Waals surface area contributed by atoms with Crippen molar-refractivity contribution < 1.29 is 24.6 Å². The molecule has 1 aromatic heterocycles. The van der Waals surface area contributed by atoms with Crippen LogP contribution in [0.1, 0.15) is 44.5 Å². The van der Waals surface area contributed by atoms with E-state index in [1.165, 1.54) is 0 Å². The molecule has 9 nitrogen and oxygen atoms in total. The summed E-state index contributed by atoms with van der Waals surface area (Å²) in [4.78, 5) is 48.2. The van der Waals surface area contributed by atoms with E-state index in [1.54, 1.807) is 15.7 Å². The molecule has 0 unspecified atom stereocenters. The molecule has 0 aliphatic rings. The molecule has 9 heteroatoms. The molecule has 0 aliphatic carbocycles. The van der Waals surface area contributed by atoms with E-state index in [2.05, 4.69) is 18.7 Å². The lowest BCUT2D eigenvalue weighted by Crippen LogP contribution is -2.32. The molecule has 1 heterocycles. The van der Waals surface area contributed by atoms with Gasteiger partial charge in [-0.2, -0.15) is 0 Å². The zero-order valence-electron chi connectivity index (χ0n) is 19.2. The largest absolute Gasteiger partial charge is 0.473 e. The number of carboxylic acids is 2. The van der Waals surface area contributed by atoms with Gasteiger partial charge in [0.2, 0.25) is 0 Å². The number of carbonyl (C=O) groups excluding carboxylic acids is 1. The van der Waals surface area contributed by atoms with Crippen LogP contribution in [0.3, 0.4) is 0 Å². The minimum atomic E-state index is -1.82. The lowest BCUT2D eigenvalue weighted by molar-refractivity contribution is -0.159.